The monoisotopic (exact) mass is 466 g/mol. The normalized spacial score (nSPS) is 10.5. The standard InChI is InChI=1S/C26H26O8/c1-14(2)7-12-19-20(32-15(3)27)13-21(31-6)22-23(29)26(33-16(4)28)24(34-25(19)22)17-8-10-18(30-5)11-9-17/h7-11,13H,12H2,1-6H3. The van der Waals surface area contributed by atoms with E-state index >= 15 is 0 Å². The number of rotatable bonds is 7. The van der Waals surface area contributed by atoms with Gasteiger partial charge in [-0.05, 0) is 44.5 Å². The number of methoxy groups -OCH3 is 2. The molecule has 0 atom stereocenters. The highest BCUT2D eigenvalue weighted by Crippen LogP contribution is 2.40. The minimum absolute atomic E-state index is 0.0517. The zero-order valence-corrected chi connectivity index (χ0v) is 19.9. The number of benzene rings is 2. The van der Waals surface area contributed by atoms with E-state index in [0.717, 1.165) is 5.57 Å². The number of carbonyl (C=O) groups is 2. The minimum Gasteiger partial charge on any atom is -0.497 e. The number of ether oxygens (including phenoxy) is 4. The van der Waals surface area contributed by atoms with E-state index in [1.54, 1.807) is 24.3 Å². The van der Waals surface area contributed by atoms with Crippen LogP contribution in [0, 0.1) is 0 Å². The van der Waals surface area contributed by atoms with Crippen molar-refractivity contribution in [3.63, 3.8) is 0 Å². The number of hydrogen-bond donors (Lipinski definition) is 0. The summed E-state index contributed by atoms with van der Waals surface area (Å²) in [6.45, 7) is 6.33. The first-order valence-electron chi connectivity index (χ1n) is 10.5. The topological polar surface area (TPSA) is 101 Å². The van der Waals surface area contributed by atoms with Crippen molar-refractivity contribution in [2.45, 2.75) is 34.1 Å². The van der Waals surface area contributed by atoms with Gasteiger partial charge in [0.1, 0.15) is 28.2 Å². The molecule has 0 amide bonds. The largest absolute Gasteiger partial charge is 0.497 e. The summed E-state index contributed by atoms with van der Waals surface area (Å²) in [4.78, 5) is 37.3. The second kappa shape index (κ2) is 10.2. The highest BCUT2D eigenvalue weighted by molar-refractivity contribution is 5.93. The maximum absolute atomic E-state index is 13.6. The Balaban J connectivity index is 2.47. The zero-order valence-electron chi connectivity index (χ0n) is 19.9. The molecule has 0 unspecified atom stereocenters. The molecule has 0 fully saturated rings. The van der Waals surface area contributed by atoms with E-state index in [1.807, 2.05) is 19.9 Å². The van der Waals surface area contributed by atoms with E-state index in [9.17, 15) is 14.4 Å². The van der Waals surface area contributed by atoms with Gasteiger partial charge >= 0.3 is 11.9 Å². The Kier molecular flexibility index (Phi) is 7.40. The molecule has 178 valence electrons. The van der Waals surface area contributed by atoms with Crippen LogP contribution in [0.2, 0.25) is 0 Å². The van der Waals surface area contributed by atoms with Gasteiger partial charge in [0.2, 0.25) is 11.2 Å². The van der Waals surface area contributed by atoms with Crippen LogP contribution in [0.5, 0.6) is 23.0 Å². The van der Waals surface area contributed by atoms with E-state index < -0.39 is 17.4 Å². The van der Waals surface area contributed by atoms with Gasteiger partial charge < -0.3 is 23.4 Å². The fourth-order valence-electron chi connectivity index (χ4n) is 3.42. The second-order valence-electron chi connectivity index (χ2n) is 7.75. The molecule has 0 aliphatic rings. The molecule has 0 aliphatic heterocycles. The van der Waals surface area contributed by atoms with Gasteiger partial charge in [0.15, 0.2) is 5.76 Å². The average Bonchev–Trinajstić information content (AvgIpc) is 2.78. The summed E-state index contributed by atoms with van der Waals surface area (Å²) in [7, 11) is 2.91. The molecule has 1 aromatic heterocycles. The van der Waals surface area contributed by atoms with E-state index in [-0.39, 0.29) is 34.0 Å². The van der Waals surface area contributed by atoms with E-state index in [0.29, 0.717) is 23.3 Å². The number of allylic oxidation sites excluding steroid dienone is 2. The van der Waals surface area contributed by atoms with Crippen molar-refractivity contribution in [2.24, 2.45) is 0 Å². The molecule has 0 aliphatic carbocycles. The van der Waals surface area contributed by atoms with Gasteiger partial charge in [0, 0.05) is 31.0 Å². The Hall–Kier alpha value is -4.07. The van der Waals surface area contributed by atoms with Crippen molar-refractivity contribution in [3.05, 3.63) is 57.8 Å². The third kappa shape index (κ3) is 5.11. The molecule has 0 N–H and O–H groups in total. The molecule has 0 saturated heterocycles. The molecular weight excluding hydrogens is 440 g/mol. The lowest BCUT2D eigenvalue weighted by atomic mass is 10.0. The molecule has 0 saturated carbocycles. The zero-order chi connectivity index (χ0) is 25.0. The van der Waals surface area contributed by atoms with Crippen LogP contribution in [0.25, 0.3) is 22.3 Å². The van der Waals surface area contributed by atoms with Gasteiger partial charge in [-0.15, -0.1) is 0 Å². The van der Waals surface area contributed by atoms with Crippen LogP contribution in [0.1, 0.15) is 33.3 Å². The summed E-state index contributed by atoms with van der Waals surface area (Å²) in [5, 5.41) is 0.0732. The maximum atomic E-state index is 13.6. The Morgan fingerprint density at radius 2 is 1.56 bits per heavy atom. The number of esters is 2. The van der Waals surface area contributed by atoms with Gasteiger partial charge in [0.05, 0.1) is 14.2 Å². The lowest BCUT2D eigenvalue weighted by Crippen LogP contribution is -2.15. The van der Waals surface area contributed by atoms with Crippen LogP contribution in [0.3, 0.4) is 0 Å². The lowest BCUT2D eigenvalue weighted by molar-refractivity contribution is -0.132. The summed E-state index contributed by atoms with van der Waals surface area (Å²) in [6.07, 6.45) is 2.24. The van der Waals surface area contributed by atoms with Crippen molar-refractivity contribution in [2.75, 3.05) is 14.2 Å². The first-order chi connectivity index (χ1) is 16.2. The van der Waals surface area contributed by atoms with Gasteiger partial charge in [-0.3, -0.25) is 14.4 Å². The summed E-state index contributed by atoms with van der Waals surface area (Å²) in [5.41, 5.74) is 1.56. The molecule has 0 spiro atoms. The molecule has 8 heteroatoms. The third-order valence-corrected chi connectivity index (χ3v) is 4.94. The molecule has 3 rings (SSSR count). The van der Waals surface area contributed by atoms with Gasteiger partial charge in [-0.1, -0.05) is 11.6 Å². The first-order valence-corrected chi connectivity index (χ1v) is 10.5. The Labute approximate surface area is 196 Å². The van der Waals surface area contributed by atoms with Gasteiger partial charge in [0.25, 0.3) is 0 Å². The predicted octanol–water partition coefficient (Wildman–Crippen LogP) is 4.84. The number of carbonyl (C=O) groups excluding carboxylic acids is 2. The van der Waals surface area contributed by atoms with Crippen LogP contribution < -0.4 is 24.4 Å². The molecule has 8 nitrogen and oxygen atoms in total. The Morgan fingerprint density at radius 3 is 2.09 bits per heavy atom. The quantitative estimate of drug-likeness (QED) is 0.277. The first kappa shape index (κ1) is 24.6. The van der Waals surface area contributed by atoms with Crippen molar-refractivity contribution in [3.8, 4) is 34.3 Å². The maximum Gasteiger partial charge on any atom is 0.308 e. The van der Waals surface area contributed by atoms with Crippen LogP contribution in [0.15, 0.2) is 51.2 Å². The van der Waals surface area contributed by atoms with E-state index in [2.05, 4.69) is 0 Å². The molecule has 0 radical (unpaired) electrons. The van der Waals surface area contributed by atoms with Crippen LogP contribution >= 0.6 is 0 Å². The SMILES string of the molecule is COc1ccc(-c2oc3c(CC=C(C)C)c(OC(C)=O)cc(OC)c3c(=O)c2OC(C)=O)cc1. The molecule has 0 bridgehead atoms. The summed E-state index contributed by atoms with van der Waals surface area (Å²) < 4.78 is 27.6. The third-order valence-electron chi connectivity index (χ3n) is 4.94. The number of hydrogen-bond acceptors (Lipinski definition) is 8. The molecular formula is C26H26O8. The van der Waals surface area contributed by atoms with Gasteiger partial charge in [-0.2, -0.15) is 0 Å². The molecule has 3 aromatic rings. The lowest BCUT2D eigenvalue weighted by Gasteiger charge is -2.16. The minimum atomic E-state index is -0.679. The predicted molar refractivity (Wildman–Crippen MR) is 127 cm³/mol. The van der Waals surface area contributed by atoms with Crippen LogP contribution in [-0.4, -0.2) is 26.2 Å². The van der Waals surface area contributed by atoms with Crippen LogP contribution in [-0.2, 0) is 16.0 Å². The smallest absolute Gasteiger partial charge is 0.308 e. The highest BCUT2D eigenvalue weighted by Gasteiger charge is 2.26. The fourth-order valence-corrected chi connectivity index (χ4v) is 3.42. The Bertz CT molecular complexity index is 1330. The van der Waals surface area contributed by atoms with E-state index in [1.165, 1.54) is 34.1 Å². The van der Waals surface area contributed by atoms with Crippen molar-refractivity contribution < 1.29 is 33.0 Å². The van der Waals surface area contributed by atoms with E-state index in [4.69, 9.17) is 23.4 Å². The van der Waals surface area contributed by atoms with Crippen molar-refractivity contribution in [1.29, 1.82) is 0 Å². The summed E-state index contributed by atoms with van der Waals surface area (Å²) in [5.74, 6) is -0.499. The van der Waals surface area contributed by atoms with Crippen molar-refractivity contribution >= 4 is 22.9 Å². The van der Waals surface area contributed by atoms with Gasteiger partial charge in [-0.25, -0.2) is 0 Å². The average molecular weight is 466 g/mol. The second-order valence-corrected chi connectivity index (χ2v) is 7.75. The molecule has 2 aromatic carbocycles. The van der Waals surface area contributed by atoms with Crippen LogP contribution in [0.4, 0.5) is 0 Å². The molecule has 34 heavy (non-hydrogen) atoms. The Morgan fingerprint density at radius 1 is 0.912 bits per heavy atom. The highest BCUT2D eigenvalue weighted by atomic mass is 16.5. The van der Waals surface area contributed by atoms with Crippen molar-refractivity contribution in [1.82, 2.24) is 0 Å². The molecule has 1 heterocycles. The summed E-state index contributed by atoms with van der Waals surface area (Å²) in [6, 6.07) is 8.20. The number of fused-ring (bicyclic) bond motifs is 1. The fraction of sp³-hybridized carbons (Fsp3) is 0.269. The summed E-state index contributed by atoms with van der Waals surface area (Å²) >= 11 is 0.